The fraction of sp³-hybridized carbons (Fsp3) is 0.391. The van der Waals surface area contributed by atoms with Gasteiger partial charge in [-0.2, -0.15) is 0 Å². The molecule has 2 aromatic rings. The molecule has 29 heavy (non-hydrogen) atoms. The Morgan fingerprint density at radius 2 is 1.72 bits per heavy atom. The van der Waals surface area contributed by atoms with Gasteiger partial charge in [-0.15, -0.1) is 11.8 Å². The van der Waals surface area contributed by atoms with Crippen LogP contribution in [0.3, 0.4) is 0 Å². The third-order valence-electron chi connectivity index (χ3n) is 4.12. The molecule has 0 aliphatic carbocycles. The Morgan fingerprint density at radius 1 is 1.07 bits per heavy atom. The number of carbonyl (C=O) groups excluding carboxylic acids is 2. The second-order valence-corrected chi connectivity index (χ2v) is 9.05. The lowest BCUT2D eigenvalue weighted by atomic mass is 10.0. The number of ether oxygens (including phenoxy) is 1. The van der Waals surface area contributed by atoms with E-state index in [1.807, 2.05) is 58.0 Å². The Hall–Kier alpha value is -2.47. The molecule has 1 unspecified atom stereocenters. The van der Waals surface area contributed by atoms with E-state index in [9.17, 15) is 9.59 Å². The minimum Gasteiger partial charge on any atom is -0.444 e. The van der Waals surface area contributed by atoms with Gasteiger partial charge in [0.2, 0.25) is 0 Å². The third kappa shape index (κ3) is 7.46. The Kier molecular flexibility index (Phi) is 8.14. The predicted octanol–water partition coefficient (Wildman–Crippen LogP) is 5.31. The second kappa shape index (κ2) is 10.3. The van der Waals surface area contributed by atoms with Crippen molar-refractivity contribution in [3.05, 3.63) is 65.2 Å². The molecule has 0 saturated heterocycles. The Bertz CT molecular complexity index is 829. The first-order valence-corrected chi connectivity index (χ1v) is 10.8. The standard InChI is InChI=1S/C23H30N2O3S/c1-6-29-19-13-11-17(12-14-19)16(2)25-21(26)20-10-8-7-9-18(20)15-24-22(27)28-23(3,4)5/h7-14,16H,6,15H2,1-5H3,(H,24,27)(H,25,26). The molecule has 0 bridgehead atoms. The topological polar surface area (TPSA) is 67.4 Å². The van der Waals surface area contributed by atoms with Gasteiger partial charge in [0, 0.05) is 17.0 Å². The van der Waals surface area contributed by atoms with Crippen LogP contribution >= 0.6 is 11.8 Å². The predicted molar refractivity (Wildman–Crippen MR) is 118 cm³/mol. The van der Waals surface area contributed by atoms with Crippen LogP contribution in [0.2, 0.25) is 0 Å². The molecule has 0 spiro atoms. The Morgan fingerprint density at radius 3 is 2.34 bits per heavy atom. The van der Waals surface area contributed by atoms with E-state index < -0.39 is 11.7 Å². The van der Waals surface area contributed by atoms with Gasteiger partial charge in [0.05, 0.1) is 6.04 Å². The maximum atomic E-state index is 12.8. The summed E-state index contributed by atoms with van der Waals surface area (Å²) in [5.41, 5.74) is 1.75. The molecule has 0 saturated carbocycles. The zero-order valence-electron chi connectivity index (χ0n) is 17.7. The Balaban J connectivity index is 2.02. The largest absolute Gasteiger partial charge is 0.444 e. The van der Waals surface area contributed by atoms with E-state index in [2.05, 4.69) is 29.7 Å². The van der Waals surface area contributed by atoms with Gasteiger partial charge in [-0.25, -0.2) is 4.79 Å². The molecule has 156 valence electrons. The number of hydrogen-bond donors (Lipinski definition) is 2. The minimum atomic E-state index is -0.568. The van der Waals surface area contributed by atoms with Crippen molar-refractivity contribution in [3.63, 3.8) is 0 Å². The molecule has 2 amide bonds. The summed E-state index contributed by atoms with van der Waals surface area (Å²) in [7, 11) is 0. The summed E-state index contributed by atoms with van der Waals surface area (Å²) in [5.74, 6) is 0.853. The smallest absolute Gasteiger partial charge is 0.407 e. The molecule has 0 heterocycles. The highest BCUT2D eigenvalue weighted by atomic mass is 32.2. The molecule has 2 aromatic carbocycles. The fourth-order valence-corrected chi connectivity index (χ4v) is 3.42. The van der Waals surface area contributed by atoms with Crippen molar-refractivity contribution in [2.24, 2.45) is 0 Å². The molecule has 0 radical (unpaired) electrons. The molecule has 0 aliphatic heterocycles. The van der Waals surface area contributed by atoms with E-state index in [0.29, 0.717) is 5.56 Å². The van der Waals surface area contributed by atoms with Crippen molar-refractivity contribution in [2.75, 3.05) is 5.75 Å². The van der Waals surface area contributed by atoms with Crippen molar-refractivity contribution in [1.82, 2.24) is 10.6 Å². The van der Waals surface area contributed by atoms with E-state index in [-0.39, 0.29) is 18.5 Å². The zero-order valence-corrected chi connectivity index (χ0v) is 18.6. The van der Waals surface area contributed by atoms with Gasteiger partial charge in [0.1, 0.15) is 5.60 Å². The highest BCUT2D eigenvalue weighted by molar-refractivity contribution is 7.99. The number of thioether (sulfide) groups is 1. The van der Waals surface area contributed by atoms with Crippen LogP contribution in [-0.4, -0.2) is 23.4 Å². The van der Waals surface area contributed by atoms with Crippen LogP contribution in [-0.2, 0) is 11.3 Å². The van der Waals surface area contributed by atoms with Gasteiger partial charge < -0.3 is 15.4 Å². The van der Waals surface area contributed by atoms with E-state index in [4.69, 9.17) is 4.74 Å². The van der Waals surface area contributed by atoms with E-state index in [0.717, 1.165) is 16.9 Å². The molecule has 0 aromatic heterocycles. The van der Waals surface area contributed by atoms with Gasteiger partial charge in [-0.3, -0.25) is 4.79 Å². The van der Waals surface area contributed by atoms with Crippen LogP contribution in [0, 0.1) is 0 Å². The van der Waals surface area contributed by atoms with Crippen LogP contribution in [0.5, 0.6) is 0 Å². The van der Waals surface area contributed by atoms with Gasteiger partial charge in [-0.05, 0) is 62.8 Å². The zero-order chi connectivity index (χ0) is 21.4. The molecular weight excluding hydrogens is 384 g/mol. The van der Waals surface area contributed by atoms with E-state index in [1.54, 1.807) is 17.8 Å². The molecule has 0 fully saturated rings. The molecule has 1 atom stereocenters. The van der Waals surface area contributed by atoms with E-state index >= 15 is 0 Å². The van der Waals surface area contributed by atoms with Gasteiger partial charge in [0.25, 0.3) is 5.91 Å². The van der Waals surface area contributed by atoms with Crippen molar-refractivity contribution in [3.8, 4) is 0 Å². The number of nitrogens with one attached hydrogen (secondary N) is 2. The highest BCUT2D eigenvalue weighted by Crippen LogP contribution is 2.21. The number of hydrogen-bond acceptors (Lipinski definition) is 4. The molecular formula is C23H30N2O3S. The fourth-order valence-electron chi connectivity index (χ4n) is 2.75. The van der Waals surface area contributed by atoms with Crippen molar-refractivity contribution in [1.29, 1.82) is 0 Å². The highest BCUT2D eigenvalue weighted by Gasteiger charge is 2.18. The summed E-state index contributed by atoms with van der Waals surface area (Å²) in [4.78, 5) is 26.0. The van der Waals surface area contributed by atoms with Crippen LogP contribution in [0.1, 0.15) is 62.1 Å². The first kappa shape index (κ1) is 22.8. The summed E-state index contributed by atoms with van der Waals surface area (Å²) >= 11 is 1.79. The lowest BCUT2D eigenvalue weighted by Gasteiger charge is -2.20. The maximum Gasteiger partial charge on any atom is 0.407 e. The lowest BCUT2D eigenvalue weighted by Crippen LogP contribution is -2.33. The van der Waals surface area contributed by atoms with Gasteiger partial charge in [0.15, 0.2) is 0 Å². The van der Waals surface area contributed by atoms with Crippen molar-refractivity contribution in [2.45, 2.75) is 57.7 Å². The molecule has 5 nitrogen and oxygen atoms in total. The number of rotatable bonds is 7. The van der Waals surface area contributed by atoms with Gasteiger partial charge >= 0.3 is 6.09 Å². The van der Waals surface area contributed by atoms with Crippen LogP contribution in [0.4, 0.5) is 4.79 Å². The summed E-state index contributed by atoms with van der Waals surface area (Å²) in [6.45, 7) is 9.72. The number of benzene rings is 2. The molecule has 6 heteroatoms. The Labute approximate surface area is 177 Å². The normalized spacial score (nSPS) is 12.2. The first-order chi connectivity index (χ1) is 13.7. The molecule has 2 rings (SSSR count). The van der Waals surface area contributed by atoms with Crippen LogP contribution in [0.25, 0.3) is 0 Å². The summed E-state index contributed by atoms with van der Waals surface area (Å²) < 4.78 is 5.26. The summed E-state index contributed by atoms with van der Waals surface area (Å²) in [5, 5.41) is 5.75. The molecule has 0 aliphatic rings. The summed E-state index contributed by atoms with van der Waals surface area (Å²) in [6.07, 6.45) is -0.508. The minimum absolute atomic E-state index is 0.130. The maximum absolute atomic E-state index is 12.8. The quantitative estimate of drug-likeness (QED) is 0.602. The SMILES string of the molecule is CCSc1ccc(C(C)NC(=O)c2ccccc2CNC(=O)OC(C)(C)C)cc1. The average molecular weight is 415 g/mol. The number of amides is 2. The van der Waals surface area contributed by atoms with Crippen molar-refractivity contribution >= 4 is 23.8 Å². The summed E-state index contributed by atoms with van der Waals surface area (Å²) in [6, 6.07) is 15.3. The first-order valence-electron chi connectivity index (χ1n) is 9.78. The lowest BCUT2D eigenvalue weighted by molar-refractivity contribution is 0.0522. The molecule has 2 N–H and O–H groups in total. The monoisotopic (exact) mass is 414 g/mol. The second-order valence-electron chi connectivity index (χ2n) is 7.71. The number of carbonyl (C=O) groups is 2. The van der Waals surface area contributed by atoms with Crippen LogP contribution in [0.15, 0.2) is 53.4 Å². The van der Waals surface area contributed by atoms with Crippen LogP contribution < -0.4 is 10.6 Å². The number of alkyl carbamates (subject to hydrolysis) is 1. The average Bonchev–Trinajstić information content (AvgIpc) is 2.66. The van der Waals surface area contributed by atoms with Crippen molar-refractivity contribution < 1.29 is 14.3 Å². The third-order valence-corrected chi connectivity index (χ3v) is 5.02. The van der Waals surface area contributed by atoms with Gasteiger partial charge in [-0.1, -0.05) is 37.3 Å². The van der Waals surface area contributed by atoms with E-state index in [1.165, 1.54) is 4.90 Å².